The Balaban J connectivity index is 1.52. The van der Waals surface area contributed by atoms with Crippen LogP contribution in [0.2, 0.25) is 5.02 Å². The van der Waals surface area contributed by atoms with E-state index in [1.807, 2.05) is 24.3 Å². The number of thioether (sulfide) groups is 1. The fraction of sp³-hybridized carbons (Fsp3) is 0.353. The fourth-order valence-corrected chi connectivity index (χ4v) is 4.61. The van der Waals surface area contributed by atoms with Gasteiger partial charge in [0.1, 0.15) is 0 Å². The molecule has 1 atom stereocenters. The Morgan fingerprint density at radius 3 is 2.86 bits per heavy atom. The van der Waals surface area contributed by atoms with Crippen molar-refractivity contribution in [1.29, 1.82) is 0 Å². The minimum absolute atomic E-state index is 0.275. The van der Waals surface area contributed by atoms with E-state index in [-0.39, 0.29) is 5.91 Å². The molecule has 2 heterocycles. The number of carbonyl (C=O) groups excluding carboxylic acids is 1. The van der Waals surface area contributed by atoms with Crippen LogP contribution in [0.15, 0.2) is 46.7 Å². The van der Waals surface area contributed by atoms with Crippen molar-refractivity contribution in [2.75, 3.05) is 12.3 Å². The second kappa shape index (κ2) is 7.53. The molecule has 3 rings (SSSR count). The smallest absolute Gasteiger partial charge is 0.223 e. The largest absolute Gasteiger partial charge is 0.335 e. The van der Waals surface area contributed by atoms with E-state index < -0.39 is 0 Å². The molecule has 0 saturated carbocycles. The normalized spacial score (nSPS) is 17.9. The topological polar surface area (TPSA) is 20.3 Å². The highest BCUT2D eigenvalue weighted by Gasteiger charge is 2.29. The lowest BCUT2D eigenvalue weighted by Gasteiger charge is -2.23. The third-order valence-electron chi connectivity index (χ3n) is 3.84. The number of halogens is 1. The molecule has 1 amide bonds. The molecule has 1 fully saturated rings. The lowest BCUT2D eigenvalue weighted by atomic mass is 10.2. The average molecular weight is 352 g/mol. The number of carbonyl (C=O) groups is 1. The number of hydrogen-bond acceptors (Lipinski definition) is 3. The predicted octanol–water partition coefficient (Wildman–Crippen LogP) is 5.25. The summed E-state index contributed by atoms with van der Waals surface area (Å²) in [6.07, 6.45) is 2.80. The third-order valence-corrected chi connectivity index (χ3v) is 6.08. The van der Waals surface area contributed by atoms with Crippen LogP contribution in [0.1, 0.15) is 30.2 Å². The second-order valence-corrected chi connectivity index (χ2v) is 7.90. The van der Waals surface area contributed by atoms with E-state index in [0.29, 0.717) is 12.5 Å². The van der Waals surface area contributed by atoms with Crippen LogP contribution >= 0.6 is 34.7 Å². The van der Waals surface area contributed by atoms with E-state index in [4.69, 9.17) is 11.6 Å². The third kappa shape index (κ3) is 3.86. The Kier molecular flexibility index (Phi) is 5.45. The van der Waals surface area contributed by atoms with Crippen LogP contribution in [0.25, 0.3) is 0 Å². The maximum absolute atomic E-state index is 12.5. The van der Waals surface area contributed by atoms with Gasteiger partial charge in [0, 0.05) is 33.5 Å². The van der Waals surface area contributed by atoms with Crippen LogP contribution in [0.4, 0.5) is 0 Å². The molecular formula is C17H18ClNOS2. The average Bonchev–Trinajstić information content (AvgIpc) is 3.19. The van der Waals surface area contributed by atoms with Crippen molar-refractivity contribution in [2.45, 2.75) is 30.2 Å². The molecule has 22 heavy (non-hydrogen) atoms. The van der Waals surface area contributed by atoms with Crippen LogP contribution in [-0.4, -0.2) is 23.1 Å². The van der Waals surface area contributed by atoms with Crippen LogP contribution in [0.3, 0.4) is 0 Å². The quantitative estimate of drug-likeness (QED) is 0.686. The van der Waals surface area contributed by atoms with Crippen LogP contribution in [0, 0.1) is 0 Å². The molecule has 1 aromatic heterocycles. The van der Waals surface area contributed by atoms with Gasteiger partial charge in [-0.05, 0) is 48.6 Å². The summed E-state index contributed by atoms with van der Waals surface area (Å²) in [6, 6.07) is 12.3. The van der Waals surface area contributed by atoms with Crippen molar-refractivity contribution in [2.24, 2.45) is 0 Å². The summed E-state index contributed by atoms with van der Waals surface area (Å²) in [5.41, 5.74) is 0. The van der Waals surface area contributed by atoms with Gasteiger partial charge in [-0.2, -0.15) is 0 Å². The number of hydrogen-bond donors (Lipinski definition) is 0. The highest BCUT2D eigenvalue weighted by molar-refractivity contribution is 7.99. The lowest BCUT2D eigenvalue weighted by Crippen LogP contribution is -2.30. The number of likely N-dealkylation sites (tertiary alicyclic amines) is 1. The monoisotopic (exact) mass is 351 g/mol. The van der Waals surface area contributed by atoms with Gasteiger partial charge in [0.25, 0.3) is 0 Å². The maximum Gasteiger partial charge on any atom is 0.223 e. The first-order valence-electron chi connectivity index (χ1n) is 7.45. The number of benzene rings is 1. The lowest BCUT2D eigenvalue weighted by molar-refractivity contribution is -0.131. The molecule has 0 bridgehead atoms. The number of amides is 1. The van der Waals surface area contributed by atoms with Crippen molar-refractivity contribution in [1.82, 2.24) is 4.90 Å². The van der Waals surface area contributed by atoms with Gasteiger partial charge in [-0.25, -0.2) is 0 Å². The molecule has 1 aliphatic rings. The first-order chi connectivity index (χ1) is 10.7. The zero-order valence-corrected chi connectivity index (χ0v) is 14.6. The van der Waals surface area contributed by atoms with Crippen LogP contribution < -0.4 is 0 Å². The highest BCUT2D eigenvalue weighted by Crippen LogP contribution is 2.35. The van der Waals surface area contributed by atoms with Gasteiger partial charge in [-0.1, -0.05) is 17.7 Å². The minimum atomic E-state index is 0.275. The second-order valence-electron chi connectivity index (χ2n) is 5.31. The molecule has 1 unspecified atom stereocenters. The standard InChI is InChI=1S/C17H18ClNOS2/c18-13-5-7-14(8-6-13)21-12-9-17(20)19-10-1-3-15(19)16-4-2-11-22-16/h2,4-8,11,15H,1,3,9-10,12H2. The van der Waals surface area contributed by atoms with E-state index in [9.17, 15) is 4.79 Å². The molecule has 1 aromatic carbocycles. The van der Waals surface area contributed by atoms with E-state index in [1.54, 1.807) is 23.1 Å². The molecule has 2 aromatic rings. The Bertz CT molecular complexity index is 612. The fourth-order valence-electron chi connectivity index (χ4n) is 2.77. The Morgan fingerprint density at radius 1 is 1.32 bits per heavy atom. The molecule has 1 saturated heterocycles. The maximum atomic E-state index is 12.5. The van der Waals surface area contributed by atoms with Crippen LogP contribution in [0.5, 0.6) is 0 Å². The zero-order valence-electron chi connectivity index (χ0n) is 12.2. The summed E-state index contributed by atoms with van der Waals surface area (Å²) >= 11 is 9.34. The molecule has 0 radical (unpaired) electrons. The molecule has 116 valence electrons. The Labute approximate surface area is 144 Å². The van der Waals surface area contributed by atoms with Gasteiger partial charge in [-0.15, -0.1) is 23.1 Å². The van der Waals surface area contributed by atoms with Crippen molar-refractivity contribution < 1.29 is 4.79 Å². The first-order valence-corrected chi connectivity index (χ1v) is 9.69. The summed E-state index contributed by atoms with van der Waals surface area (Å²) in [4.78, 5) is 17.0. The zero-order chi connectivity index (χ0) is 15.4. The number of nitrogens with zero attached hydrogens (tertiary/aromatic N) is 1. The highest BCUT2D eigenvalue weighted by atomic mass is 35.5. The van der Waals surface area contributed by atoms with E-state index in [2.05, 4.69) is 22.4 Å². The van der Waals surface area contributed by atoms with Crippen molar-refractivity contribution >= 4 is 40.6 Å². The van der Waals surface area contributed by atoms with E-state index >= 15 is 0 Å². The van der Waals surface area contributed by atoms with Crippen LogP contribution in [-0.2, 0) is 4.79 Å². The predicted molar refractivity (Wildman–Crippen MR) is 94.8 cm³/mol. The molecule has 1 aliphatic heterocycles. The molecule has 0 spiro atoms. The van der Waals surface area contributed by atoms with Gasteiger partial charge >= 0.3 is 0 Å². The van der Waals surface area contributed by atoms with Gasteiger partial charge in [-0.3, -0.25) is 4.79 Å². The molecule has 0 N–H and O–H groups in total. The van der Waals surface area contributed by atoms with E-state index in [0.717, 1.165) is 35.1 Å². The minimum Gasteiger partial charge on any atom is -0.335 e. The SMILES string of the molecule is O=C(CCSc1ccc(Cl)cc1)N1CCCC1c1cccs1. The molecule has 5 heteroatoms. The summed E-state index contributed by atoms with van der Waals surface area (Å²) in [5, 5.41) is 2.84. The van der Waals surface area contributed by atoms with Crippen molar-refractivity contribution in [3.8, 4) is 0 Å². The van der Waals surface area contributed by atoms with Crippen molar-refractivity contribution in [3.63, 3.8) is 0 Å². The van der Waals surface area contributed by atoms with Crippen molar-refractivity contribution in [3.05, 3.63) is 51.7 Å². The van der Waals surface area contributed by atoms with Gasteiger partial charge in [0.05, 0.1) is 6.04 Å². The molecule has 2 nitrogen and oxygen atoms in total. The summed E-state index contributed by atoms with van der Waals surface area (Å²) in [7, 11) is 0. The van der Waals surface area contributed by atoms with E-state index in [1.165, 1.54) is 4.88 Å². The van der Waals surface area contributed by atoms with Gasteiger partial charge in [0.15, 0.2) is 0 Å². The molecular weight excluding hydrogens is 334 g/mol. The van der Waals surface area contributed by atoms with Gasteiger partial charge < -0.3 is 4.90 Å². The van der Waals surface area contributed by atoms with Gasteiger partial charge in [0.2, 0.25) is 5.91 Å². The number of rotatable bonds is 5. The Hall–Kier alpha value is -0.970. The first kappa shape index (κ1) is 15.9. The molecule has 0 aliphatic carbocycles. The summed E-state index contributed by atoms with van der Waals surface area (Å²) in [5.74, 6) is 1.09. The summed E-state index contributed by atoms with van der Waals surface area (Å²) in [6.45, 7) is 0.896. The summed E-state index contributed by atoms with van der Waals surface area (Å²) < 4.78 is 0. The number of thiophene rings is 1. The Morgan fingerprint density at radius 2 is 2.14 bits per heavy atom.